The maximum absolute atomic E-state index is 11.5. The summed E-state index contributed by atoms with van der Waals surface area (Å²) in [6.07, 6.45) is 1.99. The Labute approximate surface area is 127 Å². The molecule has 0 radical (unpaired) electrons. The van der Waals surface area contributed by atoms with Gasteiger partial charge in [-0.05, 0) is 18.6 Å². The van der Waals surface area contributed by atoms with Crippen molar-refractivity contribution in [3.05, 3.63) is 30.0 Å². The summed E-state index contributed by atoms with van der Waals surface area (Å²) in [7, 11) is -3.57. The summed E-state index contributed by atoms with van der Waals surface area (Å²) in [6, 6.07) is 5.69. The van der Waals surface area contributed by atoms with E-state index in [1.165, 1.54) is 5.69 Å². The molecule has 1 aliphatic heterocycles. The molecule has 0 saturated carbocycles. The lowest BCUT2D eigenvalue weighted by Gasteiger charge is -2.28. The second-order valence-corrected chi connectivity index (χ2v) is 7.33. The van der Waals surface area contributed by atoms with Gasteiger partial charge in [0.1, 0.15) is 0 Å². The average Bonchev–Trinajstić information content (AvgIpc) is 2.89. The maximum Gasteiger partial charge on any atom is 1.00 e. The number of primary sulfonamides is 1. The summed E-state index contributed by atoms with van der Waals surface area (Å²) in [5, 5.41) is 8.97. The summed E-state index contributed by atoms with van der Waals surface area (Å²) in [4.78, 5) is 5.57. The summed E-state index contributed by atoms with van der Waals surface area (Å²) < 4.78 is 22.9. The van der Waals surface area contributed by atoms with Gasteiger partial charge >= 0.3 is 2.85 Å². The van der Waals surface area contributed by atoms with E-state index < -0.39 is 15.3 Å². The lowest BCUT2D eigenvalue weighted by Crippen LogP contribution is -2.43. The summed E-state index contributed by atoms with van der Waals surface area (Å²) in [5.74, 6) is 0. The molecule has 7 heteroatoms. The fourth-order valence-corrected chi connectivity index (χ4v) is 3.26. The monoisotopic (exact) mass is 310 g/mol. The van der Waals surface area contributed by atoms with E-state index in [4.69, 9.17) is 5.14 Å². The van der Waals surface area contributed by atoms with Crippen LogP contribution in [-0.2, 0) is 10.0 Å². The van der Waals surface area contributed by atoms with Crippen LogP contribution in [0.1, 0.15) is 20.6 Å². The Hall–Kier alpha value is -1.57. The minimum absolute atomic E-state index is 0. The number of rotatable bonds is 3. The molecule has 0 amide bonds. The number of nitrogens with two attached hydrogens (primary N) is 1. The van der Waals surface area contributed by atoms with E-state index in [9.17, 15) is 8.42 Å². The Morgan fingerprint density at radius 2 is 2.05 bits per heavy atom. The molecule has 6 nitrogen and oxygen atoms in total. The van der Waals surface area contributed by atoms with Gasteiger partial charge in [0.15, 0.2) is 0 Å². The first-order chi connectivity index (χ1) is 9.97. The van der Waals surface area contributed by atoms with Gasteiger partial charge in [-0.3, -0.25) is 0 Å². The van der Waals surface area contributed by atoms with Crippen LogP contribution in [0.5, 0.6) is 0 Å². The normalized spacial score (nSPS) is 18.1. The summed E-state index contributed by atoms with van der Waals surface area (Å²) in [5.41, 5.74) is 2.82. The largest absolute Gasteiger partial charge is 1.00 e. The van der Waals surface area contributed by atoms with Crippen molar-refractivity contribution >= 4 is 26.6 Å². The Bertz CT molecular complexity index is 757. The molecule has 1 fully saturated rings. The molecular formula is C14H22N4O2S+2. The fourth-order valence-electron chi connectivity index (χ4n) is 2.74. The predicted octanol–water partition coefficient (Wildman–Crippen LogP) is 1.15. The van der Waals surface area contributed by atoms with Gasteiger partial charge in [0.05, 0.1) is 10.9 Å². The molecule has 1 atom stereocenters. The van der Waals surface area contributed by atoms with Crippen LogP contribution in [0.25, 0.3) is 10.9 Å². The van der Waals surface area contributed by atoms with Crippen LogP contribution in [0.15, 0.2) is 24.4 Å². The van der Waals surface area contributed by atoms with Crippen LogP contribution in [0.4, 0.5) is 5.69 Å². The van der Waals surface area contributed by atoms with Crippen LogP contribution in [0.2, 0.25) is 0 Å². The van der Waals surface area contributed by atoms with E-state index in [2.05, 4.69) is 15.2 Å². The topological polar surface area (TPSA) is 91.2 Å². The molecule has 114 valence electrons. The van der Waals surface area contributed by atoms with Crippen LogP contribution in [0.3, 0.4) is 0 Å². The third kappa shape index (κ3) is 2.76. The quantitative estimate of drug-likeness (QED) is 0.793. The standard InChI is InChI=1S/C14H20N4O2S/c1-10(21(15,19)20)11-2-3-12-13(8-11)17-9-14(12)18-6-4-16-5-7-18/h2-3,8-10,16-17H,4-7H2,1H3,(H2,15,19,20)/p+2. The van der Waals surface area contributed by atoms with Gasteiger partial charge in [-0.15, -0.1) is 0 Å². The Balaban J connectivity index is 0.00000132. The number of H-pyrrole nitrogens is 1. The number of benzene rings is 1. The molecule has 1 aromatic carbocycles. The third-order valence-corrected chi connectivity index (χ3v) is 5.36. The highest BCUT2D eigenvalue weighted by molar-refractivity contribution is 7.89. The smallest absolute Gasteiger partial charge is 0.367 e. The number of sulfonamides is 1. The first-order valence-electron chi connectivity index (χ1n) is 7.05. The molecule has 2 heterocycles. The van der Waals surface area contributed by atoms with Gasteiger partial charge in [-0.2, -0.15) is 0 Å². The maximum atomic E-state index is 11.5. The van der Waals surface area contributed by atoms with Crippen molar-refractivity contribution in [1.82, 2.24) is 10.3 Å². The molecule has 1 aromatic heterocycles. The van der Waals surface area contributed by atoms with Crippen molar-refractivity contribution in [2.45, 2.75) is 12.2 Å². The van der Waals surface area contributed by atoms with Crippen LogP contribution in [0, 0.1) is 0 Å². The van der Waals surface area contributed by atoms with Crippen molar-refractivity contribution < 1.29 is 11.3 Å². The van der Waals surface area contributed by atoms with Crippen molar-refractivity contribution in [1.29, 1.82) is 0 Å². The molecule has 3 rings (SSSR count). The van der Waals surface area contributed by atoms with Crippen LogP contribution < -0.4 is 15.4 Å². The van der Waals surface area contributed by atoms with E-state index >= 15 is 0 Å². The minimum Gasteiger partial charge on any atom is -0.367 e. The highest BCUT2D eigenvalue weighted by Crippen LogP contribution is 2.30. The van der Waals surface area contributed by atoms with Crippen molar-refractivity contribution in [2.24, 2.45) is 5.14 Å². The molecule has 0 bridgehead atoms. The van der Waals surface area contributed by atoms with Gasteiger partial charge in [-0.25, -0.2) is 13.6 Å². The van der Waals surface area contributed by atoms with E-state index in [0.717, 1.165) is 37.1 Å². The first kappa shape index (κ1) is 14.4. The number of aromatic amines is 1. The molecule has 1 aliphatic rings. The van der Waals surface area contributed by atoms with E-state index in [-0.39, 0.29) is 2.85 Å². The lowest BCUT2D eigenvalue weighted by atomic mass is 10.1. The molecular weight excluding hydrogens is 288 g/mol. The number of anilines is 1. The lowest BCUT2D eigenvalue weighted by molar-refractivity contribution is 0.588. The van der Waals surface area contributed by atoms with E-state index in [0.29, 0.717) is 5.56 Å². The molecule has 1 saturated heterocycles. The number of nitrogens with one attached hydrogen (secondary N) is 2. The van der Waals surface area contributed by atoms with E-state index in [1.54, 1.807) is 6.92 Å². The third-order valence-electron chi connectivity index (χ3n) is 4.10. The van der Waals surface area contributed by atoms with Gasteiger partial charge in [0.25, 0.3) is 0 Å². The van der Waals surface area contributed by atoms with Gasteiger partial charge < -0.3 is 15.2 Å². The average molecular weight is 310 g/mol. The highest BCUT2D eigenvalue weighted by atomic mass is 32.2. The molecule has 2 aromatic rings. The summed E-state index contributed by atoms with van der Waals surface area (Å²) >= 11 is 0. The molecule has 1 unspecified atom stereocenters. The number of hydrogen-bond donors (Lipinski definition) is 3. The number of piperazine rings is 1. The van der Waals surface area contributed by atoms with Crippen molar-refractivity contribution in [3.63, 3.8) is 0 Å². The predicted molar refractivity (Wildman–Crippen MR) is 87.1 cm³/mol. The zero-order chi connectivity index (χ0) is 15.0. The Kier molecular flexibility index (Phi) is 3.64. The van der Waals surface area contributed by atoms with Gasteiger partial charge in [-0.1, -0.05) is 12.1 Å². The fraction of sp³-hybridized carbons (Fsp3) is 0.429. The molecule has 21 heavy (non-hydrogen) atoms. The van der Waals surface area contributed by atoms with Crippen LogP contribution in [-0.4, -0.2) is 39.6 Å². The molecule has 0 aliphatic carbocycles. The number of hydrogen-bond acceptors (Lipinski definition) is 4. The molecule has 4 N–H and O–H groups in total. The highest BCUT2D eigenvalue weighted by Gasteiger charge is 2.20. The zero-order valence-electron chi connectivity index (χ0n) is 14.0. The molecule has 0 spiro atoms. The van der Waals surface area contributed by atoms with Crippen molar-refractivity contribution in [2.75, 3.05) is 31.1 Å². The second-order valence-electron chi connectivity index (χ2n) is 5.45. The van der Waals surface area contributed by atoms with Gasteiger partial charge in [0, 0.05) is 43.3 Å². The first-order valence-corrected chi connectivity index (χ1v) is 8.66. The summed E-state index contributed by atoms with van der Waals surface area (Å²) in [6.45, 7) is 5.52. The number of nitrogens with zero attached hydrogens (tertiary/aromatic N) is 1. The van der Waals surface area contributed by atoms with Gasteiger partial charge in [0.2, 0.25) is 10.0 Å². The number of aromatic nitrogens is 1. The number of fused-ring (bicyclic) bond motifs is 1. The van der Waals surface area contributed by atoms with Crippen LogP contribution >= 0.6 is 0 Å². The Morgan fingerprint density at radius 1 is 1.33 bits per heavy atom. The SMILES string of the molecule is CC(c1ccc2c(N3CCNCC3)c[nH]c2c1)S(N)(=O)=O.[H+].[H+]. The Morgan fingerprint density at radius 3 is 2.71 bits per heavy atom. The second kappa shape index (κ2) is 5.32. The van der Waals surface area contributed by atoms with E-state index in [1.807, 2.05) is 24.4 Å². The zero-order valence-corrected chi connectivity index (χ0v) is 12.8. The minimum atomic E-state index is -3.57. The van der Waals surface area contributed by atoms with Crippen molar-refractivity contribution in [3.8, 4) is 0 Å².